The lowest BCUT2D eigenvalue weighted by Crippen LogP contribution is -2.42. The minimum Gasteiger partial charge on any atom is -0.383 e. The van der Waals surface area contributed by atoms with Gasteiger partial charge in [0.25, 0.3) is 0 Å². The Balaban J connectivity index is 0.000000173. The highest BCUT2D eigenvalue weighted by molar-refractivity contribution is 6.28. The number of benzene rings is 2. The minimum absolute atomic E-state index is 0. The zero-order valence-corrected chi connectivity index (χ0v) is 38.9. The van der Waals surface area contributed by atoms with Crippen molar-refractivity contribution in [3.8, 4) is 34.1 Å². The van der Waals surface area contributed by atoms with Crippen molar-refractivity contribution in [2.45, 2.75) is 102 Å². The third kappa shape index (κ3) is 8.91. The zero-order chi connectivity index (χ0) is 45.7. The van der Waals surface area contributed by atoms with Crippen LogP contribution in [0.15, 0.2) is 103 Å². The van der Waals surface area contributed by atoms with E-state index in [9.17, 15) is 4.79 Å². The number of allylic oxidation sites excluding steroid dienone is 1. The SMILES string of the molecule is CC[C@@H]1c2nncn2-c2cnc(-c3cnoc3-c3ccccc3)nc2N1C1CCCC1.CC[C@@H]1c2nncn2-c2cnc(/C(=C/N(C)C)C(=O)c3ccccc3)nc2N1C1CCCC1.Cl.NO. The standard InChI is InChI=1S/C25H29N7O.C23H23N7O.ClH.H3NO/c1-4-20-25-29-27-16-31(25)21-14-26-23(28-24(21)32(20)18-12-8-9-13-18)19(15-30(2)3)22(33)17-10-6-5-7-11-17;1-2-18-23-28-25-14-29(23)19-13-24-21(27-22(19)30(18)16-10-6-7-11-16)17-12-26-31-20(17)15-8-4-3-5-9-15;;1-2/h5-7,10-11,14-16,18,20H,4,8-9,12-13H2,1-3H3;3-5,8-9,12-14,16,18H,2,6-7,10-11H2,1H3;1H;2H,1H2/b19-15+;;;/t20-;18-;;/m11../s1. The number of hydrogen-bond donors (Lipinski definition) is 2. The molecule has 348 valence electrons. The maximum atomic E-state index is 13.5. The highest BCUT2D eigenvalue weighted by atomic mass is 35.5. The van der Waals surface area contributed by atoms with Gasteiger partial charge in [-0.05, 0) is 38.5 Å². The maximum absolute atomic E-state index is 13.5. The number of halogens is 1. The van der Waals surface area contributed by atoms with Gasteiger partial charge in [-0.15, -0.1) is 32.8 Å². The lowest BCUT2D eigenvalue weighted by atomic mass is 10.0. The molecule has 7 aromatic rings. The first-order valence-corrected chi connectivity index (χ1v) is 22.8. The van der Waals surface area contributed by atoms with Crippen LogP contribution in [0.5, 0.6) is 0 Å². The van der Waals surface area contributed by atoms with Crippen molar-refractivity contribution >= 4 is 35.4 Å². The van der Waals surface area contributed by atoms with E-state index in [1.165, 1.54) is 38.5 Å². The molecule has 0 saturated heterocycles. The Labute approximate surface area is 395 Å². The van der Waals surface area contributed by atoms with Gasteiger partial charge in [0, 0.05) is 43.5 Å². The third-order valence-corrected chi connectivity index (χ3v) is 12.9. The first kappa shape index (κ1) is 46.6. The summed E-state index contributed by atoms with van der Waals surface area (Å²) in [7, 11) is 3.80. The first-order valence-electron chi connectivity index (χ1n) is 22.8. The summed E-state index contributed by atoms with van der Waals surface area (Å²) < 4.78 is 9.62. The average Bonchev–Trinajstić information content (AvgIpc) is 4.23. The molecule has 0 spiro atoms. The number of fused-ring (bicyclic) bond motifs is 6. The number of carbonyl (C=O) groups is 1. The summed E-state index contributed by atoms with van der Waals surface area (Å²) in [6, 6.07) is 20.3. The van der Waals surface area contributed by atoms with Crippen LogP contribution in [0.2, 0.25) is 0 Å². The van der Waals surface area contributed by atoms with E-state index in [1.54, 1.807) is 31.2 Å². The Bertz CT molecular complexity index is 2780. The van der Waals surface area contributed by atoms with E-state index < -0.39 is 0 Å². The smallest absolute Gasteiger partial charge is 0.198 e. The number of carbonyl (C=O) groups excluding carboxylic acids is 1. The Morgan fingerprint density at radius 2 is 1.27 bits per heavy atom. The van der Waals surface area contributed by atoms with Crippen LogP contribution in [0, 0.1) is 0 Å². The average molecular weight is 927 g/mol. The molecule has 2 aliphatic carbocycles. The fourth-order valence-corrected chi connectivity index (χ4v) is 9.97. The molecule has 0 bridgehead atoms. The molecule has 3 N–H and O–H groups in total. The molecule has 7 heterocycles. The number of nitrogens with zero attached hydrogens (tertiary/aromatic N) is 14. The van der Waals surface area contributed by atoms with Crippen LogP contribution in [0.3, 0.4) is 0 Å². The van der Waals surface area contributed by atoms with Gasteiger partial charge in [-0.2, -0.15) is 0 Å². The van der Waals surface area contributed by atoms with Gasteiger partial charge >= 0.3 is 0 Å². The number of ketones is 1. The monoisotopic (exact) mass is 925 g/mol. The van der Waals surface area contributed by atoms with Crippen molar-refractivity contribution in [1.82, 2.24) is 59.5 Å². The summed E-state index contributed by atoms with van der Waals surface area (Å²) >= 11 is 0. The number of Topliss-reactive ketones (excluding diaryl/α,β-unsaturated/α-hetero) is 1. The van der Waals surface area contributed by atoms with Crippen molar-refractivity contribution in [3.05, 3.63) is 121 Å². The van der Waals surface area contributed by atoms with Gasteiger partial charge in [0.05, 0.1) is 41.8 Å². The molecular formula is C48H56ClN15O3. The minimum atomic E-state index is -0.0931. The Morgan fingerprint density at radius 1 is 0.746 bits per heavy atom. The van der Waals surface area contributed by atoms with E-state index >= 15 is 0 Å². The molecule has 0 amide bonds. The summed E-state index contributed by atoms with van der Waals surface area (Å²) in [4.78, 5) is 39.7. The molecule has 2 aliphatic heterocycles. The fraction of sp³-hybridized carbons (Fsp3) is 0.375. The highest BCUT2D eigenvalue weighted by Crippen LogP contribution is 2.45. The van der Waals surface area contributed by atoms with Crippen LogP contribution in [-0.4, -0.2) is 96.7 Å². The third-order valence-electron chi connectivity index (χ3n) is 12.9. The molecule has 67 heavy (non-hydrogen) atoms. The van der Waals surface area contributed by atoms with Crippen molar-refractivity contribution in [1.29, 1.82) is 0 Å². The molecule has 4 aliphatic rings. The van der Waals surface area contributed by atoms with Gasteiger partial charge in [0.2, 0.25) is 0 Å². The molecular weight excluding hydrogens is 870 g/mol. The lowest BCUT2D eigenvalue weighted by Gasteiger charge is -2.40. The van der Waals surface area contributed by atoms with Crippen LogP contribution in [0.1, 0.15) is 118 Å². The molecule has 19 heteroatoms. The summed E-state index contributed by atoms with van der Waals surface area (Å²) in [5, 5.41) is 27.8. The summed E-state index contributed by atoms with van der Waals surface area (Å²) in [6.45, 7) is 4.38. The molecule has 2 fully saturated rings. The number of hydrogen-bond acceptors (Lipinski definition) is 16. The second-order valence-corrected chi connectivity index (χ2v) is 17.1. The predicted molar refractivity (Wildman–Crippen MR) is 256 cm³/mol. The largest absolute Gasteiger partial charge is 0.383 e. The van der Waals surface area contributed by atoms with E-state index in [2.05, 4.69) is 60.1 Å². The van der Waals surface area contributed by atoms with Crippen LogP contribution in [0.4, 0.5) is 11.6 Å². The van der Waals surface area contributed by atoms with E-state index in [0.717, 1.165) is 71.5 Å². The van der Waals surface area contributed by atoms with Crippen LogP contribution < -0.4 is 15.7 Å². The molecule has 11 rings (SSSR count). The van der Waals surface area contributed by atoms with Crippen LogP contribution in [-0.2, 0) is 0 Å². The van der Waals surface area contributed by atoms with E-state index in [1.807, 2.05) is 95.0 Å². The molecule has 2 atom stereocenters. The fourth-order valence-electron chi connectivity index (χ4n) is 9.97. The van der Waals surface area contributed by atoms with Gasteiger partial charge < -0.3 is 24.4 Å². The van der Waals surface area contributed by atoms with Crippen molar-refractivity contribution in [3.63, 3.8) is 0 Å². The van der Waals surface area contributed by atoms with Gasteiger partial charge in [-0.1, -0.05) is 105 Å². The summed E-state index contributed by atoms with van der Waals surface area (Å²) in [5.41, 5.74) is 4.64. The first-order chi connectivity index (χ1) is 32.4. The second kappa shape index (κ2) is 20.7. The quantitative estimate of drug-likeness (QED) is 0.0749. The van der Waals surface area contributed by atoms with Crippen molar-refractivity contribution < 1.29 is 14.5 Å². The molecule has 18 nitrogen and oxygen atoms in total. The lowest BCUT2D eigenvalue weighted by molar-refractivity contribution is 0.105. The number of rotatable bonds is 10. The van der Waals surface area contributed by atoms with E-state index in [-0.39, 0.29) is 30.3 Å². The molecule has 2 aromatic carbocycles. The van der Waals surface area contributed by atoms with Crippen LogP contribution >= 0.6 is 12.4 Å². The Kier molecular flexibility index (Phi) is 14.4. The summed E-state index contributed by atoms with van der Waals surface area (Å²) in [5.74, 6) is 8.84. The molecule has 0 radical (unpaired) electrons. The zero-order valence-electron chi connectivity index (χ0n) is 38.1. The maximum Gasteiger partial charge on any atom is 0.198 e. The molecule has 2 saturated carbocycles. The Hall–Kier alpha value is -6.89. The van der Waals surface area contributed by atoms with Crippen molar-refractivity contribution in [2.24, 2.45) is 5.90 Å². The molecule has 5 aromatic heterocycles. The normalized spacial score (nSPS) is 17.5. The van der Waals surface area contributed by atoms with Crippen LogP contribution in [0.25, 0.3) is 39.7 Å². The number of aromatic nitrogens is 11. The number of anilines is 2. The predicted octanol–water partition coefficient (Wildman–Crippen LogP) is 8.41. The highest BCUT2D eigenvalue weighted by Gasteiger charge is 2.40. The topological polar surface area (TPSA) is 212 Å². The van der Waals surface area contributed by atoms with Gasteiger partial charge in [0.1, 0.15) is 24.0 Å². The Morgan fingerprint density at radius 3 is 1.81 bits per heavy atom. The van der Waals surface area contributed by atoms with Crippen molar-refractivity contribution in [2.75, 3.05) is 23.9 Å². The van der Waals surface area contributed by atoms with Gasteiger partial charge in [-0.25, -0.2) is 25.8 Å². The molecule has 0 unspecified atom stereocenters. The van der Waals surface area contributed by atoms with Gasteiger partial charge in [-0.3, -0.25) is 13.9 Å². The summed E-state index contributed by atoms with van der Waals surface area (Å²) in [6.07, 6.45) is 22.1. The van der Waals surface area contributed by atoms with E-state index in [4.69, 9.17) is 24.7 Å². The number of nitrogens with two attached hydrogens (primary N) is 1. The van der Waals surface area contributed by atoms with Gasteiger partial charge in [0.15, 0.2) is 46.5 Å². The van der Waals surface area contributed by atoms with E-state index in [0.29, 0.717) is 40.6 Å². The second-order valence-electron chi connectivity index (χ2n) is 17.1.